The molecule has 1 atom stereocenters. The summed E-state index contributed by atoms with van der Waals surface area (Å²) in [6, 6.07) is 0.557. The molecule has 116 valence electrons. The molecule has 1 unspecified atom stereocenters. The number of nitrogens with one attached hydrogen (secondary N) is 1. The highest BCUT2D eigenvalue weighted by atomic mass is 32.2. The van der Waals surface area contributed by atoms with Gasteiger partial charge in [0, 0.05) is 25.7 Å². The van der Waals surface area contributed by atoms with Crippen LogP contribution in [0.2, 0.25) is 0 Å². The van der Waals surface area contributed by atoms with Crippen LogP contribution in [0.3, 0.4) is 0 Å². The normalized spacial score (nSPS) is 23.5. The Morgan fingerprint density at radius 2 is 2.05 bits per heavy atom. The van der Waals surface area contributed by atoms with E-state index in [1.54, 1.807) is 4.31 Å². The third kappa shape index (κ3) is 3.83. The van der Waals surface area contributed by atoms with Crippen molar-refractivity contribution in [2.75, 3.05) is 19.6 Å². The SMILES string of the molecule is CC(CNC1CC1)S(=O)(=O)N1CC=C(C(C)(C)C)CC1. The molecular weight excluding hydrogens is 272 g/mol. The molecule has 0 aromatic heterocycles. The van der Waals surface area contributed by atoms with Gasteiger partial charge in [0.15, 0.2) is 0 Å². The van der Waals surface area contributed by atoms with Crippen LogP contribution in [0.25, 0.3) is 0 Å². The number of sulfonamides is 1. The van der Waals surface area contributed by atoms with Gasteiger partial charge in [-0.3, -0.25) is 0 Å². The second-order valence-electron chi connectivity index (χ2n) is 7.13. The Morgan fingerprint density at radius 3 is 2.50 bits per heavy atom. The van der Waals surface area contributed by atoms with Crippen LogP contribution in [0.15, 0.2) is 11.6 Å². The van der Waals surface area contributed by atoms with Crippen LogP contribution in [-0.4, -0.2) is 43.6 Å². The van der Waals surface area contributed by atoms with Crippen molar-refractivity contribution in [3.05, 3.63) is 11.6 Å². The fourth-order valence-electron chi connectivity index (χ4n) is 2.54. The molecule has 0 spiro atoms. The third-order valence-electron chi connectivity index (χ3n) is 4.27. The van der Waals surface area contributed by atoms with Gasteiger partial charge < -0.3 is 5.32 Å². The van der Waals surface area contributed by atoms with Crippen LogP contribution in [0.1, 0.15) is 47.0 Å². The summed E-state index contributed by atoms with van der Waals surface area (Å²) in [6.07, 6.45) is 5.33. The van der Waals surface area contributed by atoms with Gasteiger partial charge in [-0.25, -0.2) is 8.42 Å². The Kier molecular flexibility index (Phi) is 4.62. The first kappa shape index (κ1) is 16.0. The van der Waals surface area contributed by atoms with Gasteiger partial charge in [-0.05, 0) is 31.6 Å². The largest absolute Gasteiger partial charge is 0.313 e. The number of hydrogen-bond acceptors (Lipinski definition) is 3. The monoisotopic (exact) mass is 300 g/mol. The molecule has 1 aliphatic carbocycles. The average molecular weight is 300 g/mol. The van der Waals surface area contributed by atoms with Crippen LogP contribution in [0.4, 0.5) is 0 Å². The van der Waals surface area contributed by atoms with Crippen molar-refractivity contribution in [2.45, 2.75) is 58.2 Å². The van der Waals surface area contributed by atoms with Crippen molar-refractivity contribution in [3.63, 3.8) is 0 Å². The van der Waals surface area contributed by atoms with E-state index in [2.05, 4.69) is 32.2 Å². The summed E-state index contributed by atoms with van der Waals surface area (Å²) >= 11 is 0. The van der Waals surface area contributed by atoms with Gasteiger partial charge in [-0.1, -0.05) is 32.4 Å². The molecule has 1 saturated carbocycles. The molecule has 0 amide bonds. The standard InChI is InChI=1S/C15H28N2O2S/c1-12(11-16-14-5-6-14)20(18,19)17-9-7-13(8-10-17)15(2,3)4/h7,12,14,16H,5-6,8-11H2,1-4H3. The van der Waals surface area contributed by atoms with Crippen molar-refractivity contribution in [1.29, 1.82) is 0 Å². The van der Waals surface area contributed by atoms with E-state index in [1.165, 1.54) is 18.4 Å². The summed E-state index contributed by atoms with van der Waals surface area (Å²) in [5.74, 6) is 0. The minimum absolute atomic E-state index is 0.148. The van der Waals surface area contributed by atoms with Crippen LogP contribution in [-0.2, 0) is 10.0 Å². The van der Waals surface area contributed by atoms with Crippen LogP contribution >= 0.6 is 0 Å². The topological polar surface area (TPSA) is 49.4 Å². The lowest BCUT2D eigenvalue weighted by atomic mass is 9.83. The molecule has 4 nitrogen and oxygen atoms in total. The summed E-state index contributed by atoms with van der Waals surface area (Å²) in [5, 5.41) is 2.97. The highest BCUT2D eigenvalue weighted by molar-refractivity contribution is 7.89. The Balaban J connectivity index is 1.95. The van der Waals surface area contributed by atoms with E-state index in [0.29, 0.717) is 25.7 Å². The van der Waals surface area contributed by atoms with E-state index in [4.69, 9.17) is 0 Å². The van der Waals surface area contributed by atoms with Crippen LogP contribution < -0.4 is 5.32 Å². The highest BCUT2D eigenvalue weighted by Gasteiger charge is 2.32. The van der Waals surface area contributed by atoms with Gasteiger partial charge in [0.05, 0.1) is 5.25 Å². The van der Waals surface area contributed by atoms with Crippen LogP contribution in [0.5, 0.6) is 0 Å². The lowest BCUT2D eigenvalue weighted by Crippen LogP contribution is -2.44. The van der Waals surface area contributed by atoms with Crippen molar-refractivity contribution in [3.8, 4) is 0 Å². The molecule has 1 aliphatic heterocycles. The maximum Gasteiger partial charge on any atom is 0.218 e. The van der Waals surface area contributed by atoms with Crippen molar-refractivity contribution in [2.24, 2.45) is 5.41 Å². The summed E-state index contributed by atoms with van der Waals surface area (Å²) in [5.41, 5.74) is 1.52. The minimum Gasteiger partial charge on any atom is -0.313 e. The Morgan fingerprint density at radius 1 is 1.40 bits per heavy atom. The predicted molar refractivity (Wildman–Crippen MR) is 83.1 cm³/mol. The molecule has 1 heterocycles. The van der Waals surface area contributed by atoms with E-state index in [1.807, 2.05) is 6.92 Å². The Labute approximate surface area is 123 Å². The molecule has 2 rings (SSSR count). The molecule has 0 radical (unpaired) electrons. The van der Waals surface area contributed by atoms with E-state index >= 15 is 0 Å². The zero-order valence-corrected chi connectivity index (χ0v) is 14.0. The lowest BCUT2D eigenvalue weighted by molar-refractivity contribution is 0.385. The predicted octanol–water partition coefficient (Wildman–Crippen LogP) is 2.13. The molecule has 2 aliphatic rings. The summed E-state index contributed by atoms with van der Waals surface area (Å²) in [4.78, 5) is 0. The number of rotatable bonds is 5. The van der Waals surface area contributed by atoms with Crippen molar-refractivity contribution >= 4 is 10.0 Å². The molecule has 0 aromatic carbocycles. The van der Waals surface area contributed by atoms with E-state index in [-0.39, 0.29) is 10.7 Å². The second-order valence-corrected chi connectivity index (χ2v) is 9.48. The van der Waals surface area contributed by atoms with Gasteiger partial charge in [-0.15, -0.1) is 0 Å². The fourth-order valence-corrected chi connectivity index (χ4v) is 3.99. The molecular formula is C15H28N2O2S. The van der Waals surface area contributed by atoms with Gasteiger partial charge in [0.25, 0.3) is 0 Å². The highest BCUT2D eigenvalue weighted by Crippen LogP contribution is 2.31. The molecule has 0 bridgehead atoms. The van der Waals surface area contributed by atoms with Crippen molar-refractivity contribution < 1.29 is 8.42 Å². The Hall–Kier alpha value is -0.390. The van der Waals surface area contributed by atoms with Gasteiger partial charge in [-0.2, -0.15) is 4.31 Å². The molecule has 1 N–H and O–H groups in total. The van der Waals surface area contributed by atoms with E-state index in [0.717, 1.165) is 6.42 Å². The fraction of sp³-hybridized carbons (Fsp3) is 0.867. The maximum absolute atomic E-state index is 12.5. The summed E-state index contributed by atoms with van der Waals surface area (Å²) in [6.45, 7) is 10.1. The third-order valence-corrected chi connectivity index (χ3v) is 6.51. The van der Waals surface area contributed by atoms with E-state index < -0.39 is 10.0 Å². The molecule has 1 fully saturated rings. The summed E-state index contributed by atoms with van der Waals surface area (Å²) < 4.78 is 26.7. The van der Waals surface area contributed by atoms with Crippen LogP contribution in [0, 0.1) is 5.41 Å². The first-order valence-corrected chi connectivity index (χ1v) is 9.13. The first-order chi connectivity index (χ1) is 9.21. The molecule has 5 heteroatoms. The van der Waals surface area contributed by atoms with E-state index in [9.17, 15) is 8.42 Å². The molecule has 20 heavy (non-hydrogen) atoms. The summed E-state index contributed by atoms with van der Waals surface area (Å²) in [7, 11) is -3.17. The molecule has 0 saturated heterocycles. The number of nitrogens with zero attached hydrogens (tertiary/aromatic N) is 1. The molecule has 0 aromatic rings. The lowest BCUT2D eigenvalue weighted by Gasteiger charge is -2.33. The van der Waals surface area contributed by atoms with Crippen molar-refractivity contribution in [1.82, 2.24) is 9.62 Å². The quantitative estimate of drug-likeness (QED) is 0.791. The first-order valence-electron chi connectivity index (χ1n) is 7.63. The van der Waals surface area contributed by atoms with Gasteiger partial charge in [0.1, 0.15) is 0 Å². The average Bonchev–Trinajstić information content (AvgIpc) is 3.19. The zero-order valence-electron chi connectivity index (χ0n) is 13.1. The Bertz CT molecular complexity index is 473. The minimum atomic E-state index is -3.17. The maximum atomic E-state index is 12.5. The van der Waals surface area contributed by atoms with Gasteiger partial charge >= 0.3 is 0 Å². The number of hydrogen-bond donors (Lipinski definition) is 1. The smallest absolute Gasteiger partial charge is 0.218 e. The second kappa shape index (κ2) is 5.78. The zero-order chi connectivity index (χ0) is 15.0. The van der Waals surface area contributed by atoms with Gasteiger partial charge in [0.2, 0.25) is 10.0 Å².